The second kappa shape index (κ2) is 6.49. The molecule has 0 aromatic heterocycles. The third-order valence-electron chi connectivity index (χ3n) is 4.04. The number of fused-ring (bicyclic) bond motifs is 1. The van der Waals surface area contributed by atoms with Crippen molar-refractivity contribution >= 4 is 37.2 Å². The average molecular weight is 324 g/mol. The van der Waals surface area contributed by atoms with Crippen LogP contribution in [-0.4, -0.2) is 26.7 Å². The molecule has 0 unspecified atom stereocenters. The van der Waals surface area contributed by atoms with Gasteiger partial charge >= 0.3 is 0 Å². The van der Waals surface area contributed by atoms with E-state index in [1.54, 1.807) is 0 Å². The van der Waals surface area contributed by atoms with Gasteiger partial charge in [-0.25, -0.2) is 0 Å². The number of hydrogen-bond donors (Lipinski definition) is 0. The minimum absolute atomic E-state index is 0.120. The van der Waals surface area contributed by atoms with Gasteiger partial charge in [0, 0.05) is 0 Å². The Balaban J connectivity index is 2.41. The zero-order valence-corrected chi connectivity index (χ0v) is 15.5. The van der Waals surface area contributed by atoms with Crippen LogP contribution in [0.25, 0.3) is 21.9 Å². The fraction of sp³-hybridized carbons (Fsp3) is 0.200. The molecule has 22 heavy (non-hydrogen) atoms. The molecule has 0 aliphatic carbocycles. The molecular formula is C20H22P2. The first kappa shape index (κ1) is 15.7. The summed E-state index contributed by atoms with van der Waals surface area (Å²) < 4.78 is 0. The highest BCUT2D eigenvalue weighted by atomic mass is 31.1. The van der Waals surface area contributed by atoms with E-state index in [1.165, 1.54) is 32.5 Å². The van der Waals surface area contributed by atoms with Gasteiger partial charge in [-0.15, -0.1) is 0 Å². The lowest BCUT2D eigenvalue weighted by atomic mass is 9.98. The lowest BCUT2D eigenvalue weighted by Crippen LogP contribution is -2.11. The number of benzene rings is 3. The lowest BCUT2D eigenvalue weighted by Gasteiger charge is -2.20. The SMILES string of the molecule is CP(C)c1ccccc1-c1c(P(C)C)ccc2ccccc12. The van der Waals surface area contributed by atoms with Crippen molar-refractivity contribution in [1.29, 1.82) is 0 Å². The minimum atomic E-state index is -0.138. The molecule has 0 aliphatic rings. The average Bonchev–Trinajstić information content (AvgIpc) is 2.53. The maximum absolute atomic E-state index is 2.35. The van der Waals surface area contributed by atoms with Crippen molar-refractivity contribution in [1.82, 2.24) is 0 Å². The van der Waals surface area contributed by atoms with Crippen LogP contribution in [0.15, 0.2) is 60.7 Å². The van der Waals surface area contributed by atoms with E-state index >= 15 is 0 Å². The third kappa shape index (κ3) is 2.83. The standard InChI is InChI=1S/C20H22P2/c1-21(2)18-12-8-7-11-17(18)20-16-10-6-5-9-15(16)13-14-19(20)22(3)4/h5-14H,1-4H3. The minimum Gasteiger partial charge on any atom is -0.0810 e. The topological polar surface area (TPSA) is 0 Å². The fourth-order valence-corrected chi connectivity index (χ4v) is 5.10. The molecule has 0 heterocycles. The summed E-state index contributed by atoms with van der Waals surface area (Å²) in [5.74, 6) is 0. The van der Waals surface area contributed by atoms with Crippen LogP contribution in [0.1, 0.15) is 0 Å². The van der Waals surface area contributed by atoms with E-state index in [0.717, 1.165) is 0 Å². The Kier molecular flexibility index (Phi) is 4.62. The monoisotopic (exact) mass is 324 g/mol. The Labute approximate surface area is 136 Å². The lowest BCUT2D eigenvalue weighted by molar-refractivity contribution is 1.70. The van der Waals surface area contributed by atoms with Crippen molar-refractivity contribution in [2.75, 3.05) is 26.7 Å². The molecule has 0 nitrogen and oxygen atoms in total. The summed E-state index contributed by atoms with van der Waals surface area (Å²) in [6.07, 6.45) is 0. The van der Waals surface area contributed by atoms with Crippen LogP contribution in [0.4, 0.5) is 0 Å². The summed E-state index contributed by atoms with van der Waals surface area (Å²) in [6, 6.07) is 22.4. The van der Waals surface area contributed by atoms with E-state index in [-0.39, 0.29) is 15.8 Å². The molecule has 3 aromatic rings. The quantitative estimate of drug-likeness (QED) is 0.578. The van der Waals surface area contributed by atoms with Gasteiger partial charge in [0.1, 0.15) is 0 Å². The van der Waals surface area contributed by atoms with Gasteiger partial charge in [-0.1, -0.05) is 76.5 Å². The summed E-state index contributed by atoms with van der Waals surface area (Å²) in [5.41, 5.74) is 2.89. The van der Waals surface area contributed by atoms with Gasteiger partial charge in [0.15, 0.2) is 0 Å². The highest BCUT2D eigenvalue weighted by Gasteiger charge is 2.16. The van der Waals surface area contributed by atoms with Gasteiger partial charge in [0.05, 0.1) is 0 Å². The van der Waals surface area contributed by atoms with Gasteiger partial charge in [-0.2, -0.15) is 0 Å². The summed E-state index contributed by atoms with van der Waals surface area (Å²) in [7, 11) is -0.257. The van der Waals surface area contributed by atoms with E-state index in [2.05, 4.69) is 87.3 Å². The Morgan fingerprint density at radius 2 is 1.23 bits per heavy atom. The first-order valence-electron chi connectivity index (χ1n) is 7.55. The Bertz CT molecular complexity index is 804. The molecule has 3 rings (SSSR count). The van der Waals surface area contributed by atoms with E-state index in [0.29, 0.717) is 0 Å². The van der Waals surface area contributed by atoms with Crippen molar-refractivity contribution < 1.29 is 0 Å². The summed E-state index contributed by atoms with van der Waals surface area (Å²) in [5, 5.41) is 5.75. The zero-order valence-electron chi connectivity index (χ0n) is 13.7. The van der Waals surface area contributed by atoms with E-state index in [9.17, 15) is 0 Å². The molecule has 0 amide bonds. The van der Waals surface area contributed by atoms with Crippen LogP contribution in [0, 0.1) is 0 Å². The molecule has 0 saturated carbocycles. The maximum Gasteiger partial charge on any atom is -0.00222 e. The first-order valence-corrected chi connectivity index (χ1v) is 12.0. The van der Waals surface area contributed by atoms with Crippen LogP contribution < -0.4 is 10.6 Å². The molecule has 3 aromatic carbocycles. The summed E-state index contributed by atoms with van der Waals surface area (Å²) in [4.78, 5) is 0. The second-order valence-electron chi connectivity index (χ2n) is 5.99. The predicted molar refractivity (Wildman–Crippen MR) is 106 cm³/mol. The molecule has 0 bridgehead atoms. The molecule has 0 spiro atoms. The summed E-state index contributed by atoms with van der Waals surface area (Å²) in [6.45, 7) is 9.40. The van der Waals surface area contributed by atoms with Gasteiger partial charge in [-0.05, 0) is 59.2 Å². The van der Waals surface area contributed by atoms with Gasteiger partial charge in [-0.3, -0.25) is 0 Å². The first-order chi connectivity index (χ1) is 10.6. The van der Waals surface area contributed by atoms with Crippen molar-refractivity contribution in [2.24, 2.45) is 0 Å². The van der Waals surface area contributed by atoms with E-state index in [4.69, 9.17) is 0 Å². The molecule has 2 heteroatoms. The fourth-order valence-electron chi connectivity index (χ4n) is 2.99. The van der Waals surface area contributed by atoms with Gasteiger partial charge < -0.3 is 0 Å². The Morgan fingerprint density at radius 1 is 0.591 bits per heavy atom. The molecule has 0 fully saturated rings. The molecule has 0 atom stereocenters. The highest BCUT2D eigenvalue weighted by Crippen LogP contribution is 2.38. The van der Waals surface area contributed by atoms with Crippen molar-refractivity contribution in [3.8, 4) is 11.1 Å². The number of rotatable bonds is 3. The molecule has 0 saturated heterocycles. The van der Waals surface area contributed by atoms with Gasteiger partial charge in [0.25, 0.3) is 0 Å². The van der Waals surface area contributed by atoms with Crippen LogP contribution in [0.3, 0.4) is 0 Å². The van der Waals surface area contributed by atoms with Crippen LogP contribution in [-0.2, 0) is 0 Å². The van der Waals surface area contributed by atoms with Crippen molar-refractivity contribution in [3.63, 3.8) is 0 Å². The largest absolute Gasteiger partial charge is 0.0810 e. The Morgan fingerprint density at radius 3 is 1.95 bits per heavy atom. The van der Waals surface area contributed by atoms with Crippen LogP contribution >= 0.6 is 15.8 Å². The molecule has 0 aliphatic heterocycles. The predicted octanol–water partition coefficient (Wildman–Crippen LogP) is 5.24. The van der Waals surface area contributed by atoms with Crippen molar-refractivity contribution in [3.05, 3.63) is 60.7 Å². The zero-order chi connectivity index (χ0) is 15.7. The normalized spacial score (nSPS) is 11.5. The van der Waals surface area contributed by atoms with Crippen LogP contribution in [0.2, 0.25) is 0 Å². The van der Waals surface area contributed by atoms with Crippen LogP contribution in [0.5, 0.6) is 0 Å². The van der Waals surface area contributed by atoms with Gasteiger partial charge in [0.2, 0.25) is 0 Å². The highest BCUT2D eigenvalue weighted by molar-refractivity contribution is 7.65. The molecule has 0 radical (unpaired) electrons. The maximum atomic E-state index is 2.35. The van der Waals surface area contributed by atoms with Crippen molar-refractivity contribution in [2.45, 2.75) is 0 Å². The summed E-state index contributed by atoms with van der Waals surface area (Å²) >= 11 is 0. The molecular weight excluding hydrogens is 302 g/mol. The third-order valence-corrected chi connectivity index (χ3v) is 6.73. The number of hydrogen-bond acceptors (Lipinski definition) is 0. The molecule has 0 N–H and O–H groups in total. The smallest absolute Gasteiger partial charge is 0.00222 e. The van der Waals surface area contributed by atoms with E-state index in [1.807, 2.05) is 0 Å². The Hall–Kier alpha value is -1.22. The van der Waals surface area contributed by atoms with E-state index < -0.39 is 0 Å². The second-order valence-corrected chi connectivity index (χ2v) is 10.5. The molecule has 112 valence electrons.